The number of benzene rings is 2. The average Bonchev–Trinajstić information content (AvgIpc) is 3.03. The molecule has 0 saturated carbocycles. The monoisotopic (exact) mass is 319 g/mol. The van der Waals surface area contributed by atoms with Gasteiger partial charge in [-0.1, -0.05) is 36.4 Å². The first-order valence-electron chi connectivity index (χ1n) is 7.93. The van der Waals surface area contributed by atoms with Gasteiger partial charge in [0.1, 0.15) is 11.3 Å². The molecule has 2 aromatic rings. The molecular weight excluding hydrogens is 302 g/mol. The molecule has 24 heavy (non-hydrogen) atoms. The molecule has 4 rings (SSSR count). The third-order valence-electron chi connectivity index (χ3n) is 4.84. The van der Waals surface area contributed by atoms with E-state index in [1.807, 2.05) is 55.5 Å². The summed E-state index contributed by atoms with van der Waals surface area (Å²) in [4.78, 5) is 31.7. The van der Waals surface area contributed by atoms with Gasteiger partial charge < -0.3 is 5.32 Å². The van der Waals surface area contributed by atoms with Crippen LogP contribution in [0.1, 0.15) is 6.92 Å². The predicted octanol–water partition coefficient (Wildman–Crippen LogP) is 2.71. The first kappa shape index (κ1) is 14.6. The van der Waals surface area contributed by atoms with Gasteiger partial charge in [-0.2, -0.15) is 0 Å². The van der Waals surface area contributed by atoms with E-state index in [0.29, 0.717) is 18.1 Å². The normalized spacial score (nSPS) is 25.6. The lowest BCUT2D eigenvalue weighted by molar-refractivity contribution is -0.123. The van der Waals surface area contributed by atoms with Gasteiger partial charge >= 0.3 is 0 Å². The molecule has 2 aliphatic rings. The van der Waals surface area contributed by atoms with E-state index >= 15 is 0 Å². The van der Waals surface area contributed by atoms with Crippen LogP contribution >= 0.6 is 0 Å². The van der Waals surface area contributed by atoms with Crippen LogP contribution in [-0.2, 0) is 9.59 Å². The van der Waals surface area contributed by atoms with Crippen molar-refractivity contribution < 1.29 is 9.59 Å². The predicted molar refractivity (Wildman–Crippen MR) is 92.9 cm³/mol. The molecule has 120 valence electrons. The number of aliphatic imine (C=N–C) groups is 1. The molecule has 2 heterocycles. The third-order valence-corrected chi connectivity index (χ3v) is 4.84. The van der Waals surface area contributed by atoms with Gasteiger partial charge in [-0.25, -0.2) is 4.90 Å². The number of carbonyl (C=O) groups excluding carboxylic acids is 2. The first-order chi connectivity index (χ1) is 11.6. The molecule has 0 aromatic heterocycles. The molecule has 2 aromatic carbocycles. The molecule has 5 nitrogen and oxygen atoms in total. The zero-order valence-electron chi connectivity index (χ0n) is 13.3. The fourth-order valence-corrected chi connectivity index (χ4v) is 3.41. The number of hydrogen-bond acceptors (Lipinski definition) is 4. The highest BCUT2D eigenvalue weighted by Gasteiger charge is 2.62. The Hall–Kier alpha value is -2.95. The summed E-state index contributed by atoms with van der Waals surface area (Å²) < 4.78 is 0. The summed E-state index contributed by atoms with van der Waals surface area (Å²) in [6, 6.07) is 18.6. The Morgan fingerprint density at radius 1 is 1.04 bits per heavy atom. The summed E-state index contributed by atoms with van der Waals surface area (Å²) in [6.07, 6.45) is 0. The Morgan fingerprint density at radius 3 is 2.33 bits per heavy atom. The smallest absolute Gasteiger partial charge is 0.248 e. The largest absolute Gasteiger partial charge is 0.343 e. The van der Waals surface area contributed by atoms with E-state index in [9.17, 15) is 9.59 Å². The fourth-order valence-electron chi connectivity index (χ4n) is 3.41. The molecular formula is C19H17N3O2. The zero-order chi connectivity index (χ0) is 16.7. The summed E-state index contributed by atoms with van der Waals surface area (Å²) in [5.41, 5.74) is 0.529. The number of amides is 2. The lowest BCUT2D eigenvalue weighted by Crippen LogP contribution is -2.42. The van der Waals surface area contributed by atoms with Crippen LogP contribution in [0.25, 0.3) is 0 Å². The van der Waals surface area contributed by atoms with Gasteiger partial charge in [0, 0.05) is 5.69 Å². The van der Waals surface area contributed by atoms with Crippen LogP contribution in [0.2, 0.25) is 0 Å². The van der Waals surface area contributed by atoms with Gasteiger partial charge in [-0.05, 0) is 31.2 Å². The maximum absolute atomic E-state index is 13.1. The number of hydrogen-bond donors (Lipinski definition) is 1. The number of anilines is 2. The quantitative estimate of drug-likeness (QED) is 0.866. The molecule has 5 heteroatoms. The molecule has 2 aliphatic heterocycles. The molecule has 0 bridgehead atoms. The molecule has 1 saturated heterocycles. The second-order valence-electron chi connectivity index (χ2n) is 6.25. The molecule has 0 spiro atoms. The second kappa shape index (κ2) is 5.30. The SMILES string of the molecule is CC12C(=O)N(c3ccccc3)C(=O)C1CN=C2Nc1ccccc1. The lowest BCUT2D eigenvalue weighted by atomic mass is 9.80. The minimum absolute atomic E-state index is 0.178. The van der Waals surface area contributed by atoms with Crippen molar-refractivity contribution in [2.24, 2.45) is 16.3 Å². The van der Waals surface area contributed by atoms with Crippen LogP contribution in [0.15, 0.2) is 65.7 Å². The zero-order valence-corrected chi connectivity index (χ0v) is 13.3. The summed E-state index contributed by atoms with van der Waals surface area (Å²) >= 11 is 0. The van der Waals surface area contributed by atoms with Crippen LogP contribution in [0.4, 0.5) is 11.4 Å². The van der Waals surface area contributed by atoms with Crippen molar-refractivity contribution in [1.82, 2.24) is 0 Å². The van der Waals surface area contributed by atoms with Crippen molar-refractivity contribution in [1.29, 1.82) is 0 Å². The van der Waals surface area contributed by atoms with Gasteiger partial charge in [-0.15, -0.1) is 0 Å². The van der Waals surface area contributed by atoms with Crippen LogP contribution < -0.4 is 10.2 Å². The molecule has 0 aliphatic carbocycles. The second-order valence-corrected chi connectivity index (χ2v) is 6.25. The van der Waals surface area contributed by atoms with Crippen LogP contribution in [0, 0.1) is 11.3 Å². The average molecular weight is 319 g/mol. The van der Waals surface area contributed by atoms with Crippen molar-refractivity contribution in [2.75, 3.05) is 16.8 Å². The van der Waals surface area contributed by atoms with Crippen molar-refractivity contribution in [3.8, 4) is 0 Å². The highest BCUT2D eigenvalue weighted by Crippen LogP contribution is 2.45. The topological polar surface area (TPSA) is 61.8 Å². The molecule has 2 atom stereocenters. The molecule has 2 amide bonds. The lowest BCUT2D eigenvalue weighted by Gasteiger charge is -2.24. The highest BCUT2D eigenvalue weighted by molar-refractivity contribution is 6.33. The molecule has 0 radical (unpaired) electrons. The Balaban J connectivity index is 1.69. The van der Waals surface area contributed by atoms with Crippen molar-refractivity contribution in [3.63, 3.8) is 0 Å². The van der Waals surface area contributed by atoms with Crippen LogP contribution in [0.5, 0.6) is 0 Å². The van der Waals surface area contributed by atoms with E-state index in [2.05, 4.69) is 10.3 Å². The summed E-state index contributed by atoms with van der Waals surface area (Å²) in [5.74, 6) is -0.280. The van der Waals surface area contributed by atoms with Crippen molar-refractivity contribution in [3.05, 3.63) is 60.7 Å². The van der Waals surface area contributed by atoms with Gasteiger partial charge in [0.2, 0.25) is 11.8 Å². The van der Waals surface area contributed by atoms with Crippen LogP contribution in [-0.4, -0.2) is 24.2 Å². The Bertz CT molecular complexity index is 832. The number of carbonyl (C=O) groups is 2. The molecule has 1 N–H and O–H groups in total. The number of para-hydroxylation sites is 2. The third kappa shape index (κ3) is 1.98. The van der Waals surface area contributed by atoms with Gasteiger partial charge in [0.15, 0.2) is 0 Å². The fraction of sp³-hybridized carbons (Fsp3) is 0.211. The molecule has 2 unspecified atom stereocenters. The number of fused-ring (bicyclic) bond motifs is 1. The molecule has 1 fully saturated rings. The number of nitrogens with one attached hydrogen (secondary N) is 1. The minimum Gasteiger partial charge on any atom is -0.343 e. The van der Waals surface area contributed by atoms with E-state index < -0.39 is 11.3 Å². The van der Waals surface area contributed by atoms with E-state index in [4.69, 9.17) is 0 Å². The van der Waals surface area contributed by atoms with Crippen molar-refractivity contribution >= 4 is 29.0 Å². The summed E-state index contributed by atoms with van der Waals surface area (Å²) in [6.45, 7) is 2.14. The number of rotatable bonds is 2. The van der Waals surface area contributed by atoms with E-state index in [-0.39, 0.29) is 11.8 Å². The van der Waals surface area contributed by atoms with Crippen LogP contribution in [0.3, 0.4) is 0 Å². The van der Waals surface area contributed by atoms with Gasteiger partial charge in [-0.3, -0.25) is 14.6 Å². The van der Waals surface area contributed by atoms with E-state index in [0.717, 1.165) is 5.69 Å². The Kier molecular flexibility index (Phi) is 3.23. The highest BCUT2D eigenvalue weighted by atomic mass is 16.2. The van der Waals surface area contributed by atoms with E-state index in [1.165, 1.54) is 4.90 Å². The Labute approximate surface area is 140 Å². The van der Waals surface area contributed by atoms with Gasteiger partial charge in [0.25, 0.3) is 0 Å². The number of amidine groups is 1. The van der Waals surface area contributed by atoms with Gasteiger partial charge in [0.05, 0.1) is 18.2 Å². The number of imide groups is 1. The maximum Gasteiger partial charge on any atom is 0.248 e. The Morgan fingerprint density at radius 2 is 1.67 bits per heavy atom. The summed E-state index contributed by atoms with van der Waals surface area (Å²) in [7, 11) is 0. The standard InChI is InChI=1S/C19H17N3O2/c1-19-15(12-20-17(19)21-13-8-4-2-5-9-13)16(23)22(18(19)24)14-10-6-3-7-11-14/h2-11,15H,12H2,1H3,(H,20,21). The van der Waals surface area contributed by atoms with Crippen molar-refractivity contribution in [2.45, 2.75) is 6.92 Å². The van der Waals surface area contributed by atoms with E-state index in [1.54, 1.807) is 12.1 Å². The summed E-state index contributed by atoms with van der Waals surface area (Å²) in [5, 5.41) is 3.23. The maximum atomic E-state index is 13.1. The number of nitrogens with zero attached hydrogens (tertiary/aromatic N) is 2. The minimum atomic E-state index is -0.942. The first-order valence-corrected chi connectivity index (χ1v) is 7.93.